The van der Waals surface area contributed by atoms with E-state index in [9.17, 15) is 18.0 Å². The summed E-state index contributed by atoms with van der Waals surface area (Å²) in [6, 6.07) is 5.12. The number of alkyl halides is 3. The minimum atomic E-state index is -4.70. The van der Waals surface area contributed by atoms with E-state index in [1.165, 1.54) is 38.3 Å². The van der Waals surface area contributed by atoms with Crippen LogP contribution in [0, 0.1) is 0 Å². The molecule has 0 aliphatic carbocycles. The molecule has 0 spiro atoms. The molecular weight excluding hydrogens is 277 g/mol. The van der Waals surface area contributed by atoms with Gasteiger partial charge in [0.25, 0.3) is 0 Å². The molecule has 1 aromatic rings. The van der Waals surface area contributed by atoms with Crippen molar-refractivity contribution in [3.63, 3.8) is 0 Å². The van der Waals surface area contributed by atoms with E-state index < -0.39 is 24.4 Å². The summed E-state index contributed by atoms with van der Waals surface area (Å²) in [6.07, 6.45) is -8.55. The highest BCUT2D eigenvalue weighted by molar-refractivity contribution is 5.72. The van der Waals surface area contributed by atoms with Crippen LogP contribution < -0.4 is 4.74 Å². The molecule has 0 aliphatic rings. The van der Waals surface area contributed by atoms with Crippen LogP contribution in [0.3, 0.4) is 0 Å². The summed E-state index contributed by atoms with van der Waals surface area (Å²) in [5.74, 6) is -1.02. The summed E-state index contributed by atoms with van der Waals surface area (Å²) in [5.41, 5.74) is -0.169. The zero-order valence-corrected chi connectivity index (χ0v) is 11.0. The monoisotopic (exact) mass is 292 g/mol. The van der Waals surface area contributed by atoms with Crippen molar-refractivity contribution < 1.29 is 32.5 Å². The molecule has 0 saturated carbocycles. The first-order valence-electron chi connectivity index (χ1n) is 5.88. The minimum Gasteiger partial charge on any atom is -0.497 e. The molecule has 20 heavy (non-hydrogen) atoms. The standard InChI is InChI=1S/C13H15F3O4/c1-3-10(12(17)18)20-11(13(14,15)16)8-4-6-9(19-2)7-5-8/h4-7,10-11H,3H2,1-2H3,(H,17,18). The Balaban J connectivity index is 3.02. The second kappa shape index (κ2) is 6.60. The van der Waals surface area contributed by atoms with Gasteiger partial charge in [0.2, 0.25) is 0 Å². The molecule has 0 bridgehead atoms. The number of carbonyl (C=O) groups is 1. The molecule has 4 nitrogen and oxygen atoms in total. The summed E-state index contributed by atoms with van der Waals surface area (Å²) >= 11 is 0. The van der Waals surface area contributed by atoms with Gasteiger partial charge in [-0.2, -0.15) is 13.2 Å². The van der Waals surface area contributed by atoms with E-state index in [-0.39, 0.29) is 12.0 Å². The van der Waals surface area contributed by atoms with Crippen molar-refractivity contribution in [1.82, 2.24) is 0 Å². The van der Waals surface area contributed by atoms with Crippen molar-refractivity contribution in [3.05, 3.63) is 29.8 Å². The van der Waals surface area contributed by atoms with Gasteiger partial charge < -0.3 is 14.6 Å². The van der Waals surface area contributed by atoms with Gasteiger partial charge in [0, 0.05) is 0 Å². The summed E-state index contributed by atoms with van der Waals surface area (Å²) in [5, 5.41) is 8.80. The largest absolute Gasteiger partial charge is 0.497 e. The van der Waals surface area contributed by atoms with Crippen LogP contribution in [-0.4, -0.2) is 30.5 Å². The highest BCUT2D eigenvalue weighted by Gasteiger charge is 2.44. The van der Waals surface area contributed by atoms with E-state index in [0.717, 1.165) is 0 Å². The molecule has 0 fully saturated rings. The number of aliphatic carboxylic acids is 1. The van der Waals surface area contributed by atoms with E-state index in [1.807, 2.05) is 0 Å². The number of carboxylic acids is 1. The van der Waals surface area contributed by atoms with Crippen molar-refractivity contribution >= 4 is 5.97 Å². The van der Waals surface area contributed by atoms with Crippen LogP contribution in [0.4, 0.5) is 13.2 Å². The van der Waals surface area contributed by atoms with E-state index in [2.05, 4.69) is 0 Å². The normalized spacial score (nSPS) is 14.7. The van der Waals surface area contributed by atoms with Crippen LogP contribution >= 0.6 is 0 Å². The molecule has 0 aliphatic heterocycles. The lowest BCUT2D eigenvalue weighted by atomic mass is 10.1. The molecule has 0 heterocycles. The molecule has 112 valence electrons. The fourth-order valence-corrected chi connectivity index (χ4v) is 1.62. The lowest BCUT2D eigenvalue weighted by Crippen LogP contribution is -2.32. The van der Waals surface area contributed by atoms with Crippen molar-refractivity contribution in [1.29, 1.82) is 0 Å². The fourth-order valence-electron chi connectivity index (χ4n) is 1.62. The maximum atomic E-state index is 13.0. The van der Waals surface area contributed by atoms with E-state index in [4.69, 9.17) is 14.6 Å². The summed E-state index contributed by atoms with van der Waals surface area (Å²) in [4.78, 5) is 10.8. The number of carboxylic acid groups (broad SMARTS) is 1. The number of hydrogen-bond donors (Lipinski definition) is 1. The molecule has 1 aromatic carbocycles. The average molecular weight is 292 g/mol. The Kier molecular flexibility index (Phi) is 5.38. The zero-order valence-electron chi connectivity index (χ0n) is 11.0. The quantitative estimate of drug-likeness (QED) is 0.875. The second-order valence-corrected chi connectivity index (χ2v) is 4.07. The Bertz CT molecular complexity index is 442. The smallest absolute Gasteiger partial charge is 0.418 e. The predicted molar refractivity (Wildman–Crippen MR) is 64.6 cm³/mol. The van der Waals surface area contributed by atoms with E-state index in [1.54, 1.807) is 0 Å². The van der Waals surface area contributed by atoms with Crippen molar-refractivity contribution in [2.45, 2.75) is 31.7 Å². The number of ether oxygens (including phenoxy) is 2. The molecule has 0 aromatic heterocycles. The third-order valence-electron chi connectivity index (χ3n) is 2.66. The van der Waals surface area contributed by atoms with Crippen LogP contribution in [0.1, 0.15) is 25.0 Å². The Labute approximate surface area is 114 Å². The van der Waals surface area contributed by atoms with Crippen LogP contribution in [0.25, 0.3) is 0 Å². The first-order chi connectivity index (χ1) is 9.29. The third-order valence-corrected chi connectivity index (χ3v) is 2.66. The Morgan fingerprint density at radius 2 is 1.85 bits per heavy atom. The molecule has 7 heteroatoms. The van der Waals surface area contributed by atoms with E-state index >= 15 is 0 Å². The van der Waals surface area contributed by atoms with Gasteiger partial charge in [0.1, 0.15) is 5.75 Å². The predicted octanol–water partition coefficient (Wildman–Crippen LogP) is 3.18. The number of methoxy groups -OCH3 is 1. The van der Waals surface area contributed by atoms with Gasteiger partial charge in [0.15, 0.2) is 12.2 Å². The SMILES string of the molecule is CCC(OC(c1ccc(OC)cc1)C(F)(F)F)C(=O)O. The fraction of sp³-hybridized carbons (Fsp3) is 0.462. The van der Waals surface area contributed by atoms with Crippen LogP contribution in [0.15, 0.2) is 24.3 Å². The minimum absolute atomic E-state index is 0.0575. The average Bonchev–Trinajstić information content (AvgIpc) is 2.38. The lowest BCUT2D eigenvalue weighted by Gasteiger charge is -2.24. The molecule has 2 atom stereocenters. The van der Waals surface area contributed by atoms with Crippen molar-refractivity contribution in [2.75, 3.05) is 7.11 Å². The van der Waals surface area contributed by atoms with Gasteiger partial charge in [0.05, 0.1) is 7.11 Å². The summed E-state index contributed by atoms with van der Waals surface area (Å²) in [7, 11) is 1.39. The van der Waals surface area contributed by atoms with Gasteiger partial charge >= 0.3 is 12.1 Å². The number of benzene rings is 1. The number of halogens is 3. The topological polar surface area (TPSA) is 55.8 Å². The van der Waals surface area contributed by atoms with Gasteiger partial charge in [-0.3, -0.25) is 0 Å². The maximum absolute atomic E-state index is 13.0. The zero-order chi connectivity index (χ0) is 15.3. The molecule has 0 saturated heterocycles. The van der Waals surface area contributed by atoms with Crippen LogP contribution in [0.2, 0.25) is 0 Å². The molecular formula is C13H15F3O4. The molecule has 0 radical (unpaired) electrons. The highest BCUT2D eigenvalue weighted by atomic mass is 19.4. The van der Waals surface area contributed by atoms with Crippen LogP contribution in [0.5, 0.6) is 5.75 Å². The Hall–Kier alpha value is -1.76. The maximum Gasteiger partial charge on any atom is 0.418 e. The highest BCUT2D eigenvalue weighted by Crippen LogP contribution is 2.37. The number of rotatable bonds is 6. The molecule has 2 unspecified atom stereocenters. The molecule has 1 rings (SSSR count). The molecule has 1 N–H and O–H groups in total. The van der Waals surface area contributed by atoms with E-state index in [0.29, 0.717) is 5.75 Å². The van der Waals surface area contributed by atoms with Crippen molar-refractivity contribution in [2.24, 2.45) is 0 Å². The van der Waals surface area contributed by atoms with Gasteiger partial charge in [-0.1, -0.05) is 19.1 Å². The second-order valence-electron chi connectivity index (χ2n) is 4.07. The lowest BCUT2D eigenvalue weighted by molar-refractivity contribution is -0.238. The Morgan fingerprint density at radius 1 is 1.30 bits per heavy atom. The van der Waals surface area contributed by atoms with Crippen molar-refractivity contribution in [3.8, 4) is 5.75 Å². The summed E-state index contributed by atoms with van der Waals surface area (Å²) in [6.45, 7) is 1.44. The van der Waals surface area contributed by atoms with Gasteiger partial charge in [-0.05, 0) is 24.1 Å². The molecule has 0 amide bonds. The van der Waals surface area contributed by atoms with Gasteiger partial charge in [-0.25, -0.2) is 4.79 Å². The first-order valence-corrected chi connectivity index (χ1v) is 5.88. The van der Waals surface area contributed by atoms with Crippen LogP contribution in [-0.2, 0) is 9.53 Å². The third kappa shape index (κ3) is 4.12. The first kappa shape index (κ1) is 16.3. The summed E-state index contributed by atoms with van der Waals surface area (Å²) < 4.78 is 48.6. The number of hydrogen-bond acceptors (Lipinski definition) is 3. The Morgan fingerprint density at radius 3 is 2.20 bits per heavy atom. The van der Waals surface area contributed by atoms with Gasteiger partial charge in [-0.15, -0.1) is 0 Å².